The average molecular weight is 478 g/mol. The van der Waals surface area contributed by atoms with Crippen LogP contribution in [-0.4, -0.2) is 33.5 Å². The number of thiazole rings is 1. The Balaban J connectivity index is 1.75. The van der Waals surface area contributed by atoms with Crippen LogP contribution in [0.5, 0.6) is 0 Å². The lowest BCUT2D eigenvalue weighted by atomic mass is 10.1. The van der Waals surface area contributed by atoms with E-state index in [4.69, 9.17) is 4.74 Å². The first-order valence-electron chi connectivity index (χ1n) is 11.0. The number of fused-ring (bicyclic) bond motifs is 1. The Bertz CT molecular complexity index is 1280. The van der Waals surface area contributed by atoms with Crippen LogP contribution in [0.1, 0.15) is 34.9 Å². The molecule has 0 aliphatic carbocycles. The van der Waals surface area contributed by atoms with Gasteiger partial charge >= 0.3 is 5.97 Å². The molecule has 3 heterocycles. The number of aromatic nitrogens is 3. The molecule has 0 spiro atoms. The maximum atomic E-state index is 13.0. The second-order valence-corrected chi connectivity index (χ2v) is 9.28. The van der Waals surface area contributed by atoms with E-state index in [0.29, 0.717) is 29.8 Å². The lowest BCUT2D eigenvalue weighted by Crippen LogP contribution is -2.19. The predicted molar refractivity (Wildman–Crippen MR) is 134 cm³/mol. The van der Waals surface area contributed by atoms with Crippen molar-refractivity contribution in [2.75, 3.05) is 17.7 Å². The number of hydrogen-bond acceptors (Lipinski definition) is 7. The summed E-state index contributed by atoms with van der Waals surface area (Å²) in [6.07, 6.45) is 3.68. The third kappa shape index (κ3) is 5.26. The molecule has 8 nitrogen and oxygen atoms in total. The Hall–Kier alpha value is -3.72. The zero-order valence-electron chi connectivity index (χ0n) is 19.4. The standard InChI is InChI=1S/C25H27N5O3S/c1-16(2)15-30-23(25(32)33-3)22(29-20(31)11-17-7-5-4-6-8-17)19-12-18(13-28-24(19)30)27-14-21-26-9-10-34-21/h4-10,12-13,16,27H,11,14-15H2,1-3H3,(H,29,31). The van der Waals surface area contributed by atoms with Crippen molar-refractivity contribution in [2.45, 2.75) is 33.4 Å². The van der Waals surface area contributed by atoms with Gasteiger partial charge in [0.2, 0.25) is 5.91 Å². The molecule has 176 valence electrons. The highest BCUT2D eigenvalue weighted by molar-refractivity contribution is 7.09. The number of methoxy groups -OCH3 is 1. The van der Waals surface area contributed by atoms with Gasteiger partial charge in [0, 0.05) is 23.5 Å². The number of rotatable bonds is 9. The van der Waals surface area contributed by atoms with Gasteiger partial charge in [0.15, 0.2) is 5.69 Å². The third-order valence-electron chi connectivity index (χ3n) is 5.22. The number of hydrogen-bond donors (Lipinski definition) is 2. The van der Waals surface area contributed by atoms with Crippen molar-refractivity contribution in [2.24, 2.45) is 5.92 Å². The first kappa shape index (κ1) is 23.4. The summed E-state index contributed by atoms with van der Waals surface area (Å²) in [5.74, 6) is -0.497. The summed E-state index contributed by atoms with van der Waals surface area (Å²) in [4.78, 5) is 34.8. The van der Waals surface area contributed by atoms with Crippen LogP contribution in [0.4, 0.5) is 11.4 Å². The molecule has 0 bridgehead atoms. The fourth-order valence-electron chi connectivity index (χ4n) is 3.78. The molecule has 0 aliphatic rings. The van der Waals surface area contributed by atoms with Crippen LogP contribution in [0.2, 0.25) is 0 Å². The van der Waals surface area contributed by atoms with Crippen LogP contribution in [0.25, 0.3) is 11.0 Å². The summed E-state index contributed by atoms with van der Waals surface area (Å²) in [6.45, 7) is 5.22. The highest BCUT2D eigenvalue weighted by Crippen LogP contribution is 2.33. The molecule has 0 fully saturated rings. The molecule has 0 radical (unpaired) electrons. The molecule has 1 amide bonds. The van der Waals surface area contributed by atoms with Crippen molar-refractivity contribution in [3.63, 3.8) is 0 Å². The lowest BCUT2D eigenvalue weighted by molar-refractivity contribution is -0.115. The van der Waals surface area contributed by atoms with Gasteiger partial charge in [-0.2, -0.15) is 0 Å². The second-order valence-electron chi connectivity index (χ2n) is 8.30. The highest BCUT2D eigenvalue weighted by atomic mass is 32.1. The largest absolute Gasteiger partial charge is 0.464 e. The maximum absolute atomic E-state index is 13.0. The Morgan fingerprint density at radius 3 is 2.65 bits per heavy atom. The fraction of sp³-hybridized carbons (Fsp3) is 0.280. The molecule has 4 aromatic rings. The van der Waals surface area contributed by atoms with Gasteiger partial charge in [0.25, 0.3) is 0 Å². The Morgan fingerprint density at radius 1 is 1.18 bits per heavy atom. The average Bonchev–Trinajstić information content (AvgIpc) is 3.44. The van der Waals surface area contributed by atoms with E-state index in [2.05, 4.69) is 34.4 Å². The minimum Gasteiger partial charge on any atom is -0.464 e. The van der Waals surface area contributed by atoms with E-state index in [0.717, 1.165) is 16.3 Å². The normalized spacial score (nSPS) is 11.1. The number of ether oxygens (including phenoxy) is 1. The van der Waals surface area contributed by atoms with Crippen molar-refractivity contribution >= 4 is 45.6 Å². The van der Waals surface area contributed by atoms with Gasteiger partial charge in [-0.15, -0.1) is 11.3 Å². The van der Waals surface area contributed by atoms with Crippen molar-refractivity contribution in [1.82, 2.24) is 14.5 Å². The summed E-state index contributed by atoms with van der Waals surface area (Å²) in [5.41, 5.74) is 2.96. The zero-order chi connectivity index (χ0) is 24.1. The Morgan fingerprint density at radius 2 is 1.97 bits per heavy atom. The number of nitrogens with zero attached hydrogens (tertiary/aromatic N) is 3. The molecule has 2 N–H and O–H groups in total. The fourth-order valence-corrected chi connectivity index (χ4v) is 4.34. The molecule has 0 unspecified atom stereocenters. The number of nitrogens with one attached hydrogen (secondary N) is 2. The number of pyridine rings is 1. The van der Waals surface area contributed by atoms with Gasteiger partial charge in [0.1, 0.15) is 10.7 Å². The molecule has 4 rings (SSSR count). The van der Waals surface area contributed by atoms with E-state index in [-0.39, 0.29) is 23.9 Å². The summed E-state index contributed by atoms with van der Waals surface area (Å²) < 4.78 is 6.92. The number of benzene rings is 1. The van der Waals surface area contributed by atoms with Crippen LogP contribution >= 0.6 is 11.3 Å². The number of carbonyl (C=O) groups is 2. The molecule has 3 aromatic heterocycles. The van der Waals surface area contributed by atoms with Gasteiger partial charge in [0.05, 0.1) is 37.6 Å². The van der Waals surface area contributed by atoms with E-state index >= 15 is 0 Å². The van der Waals surface area contributed by atoms with E-state index in [1.165, 1.54) is 7.11 Å². The van der Waals surface area contributed by atoms with Crippen LogP contribution < -0.4 is 10.6 Å². The van der Waals surface area contributed by atoms with E-state index < -0.39 is 5.97 Å². The SMILES string of the molecule is COC(=O)c1c(NC(=O)Cc2ccccc2)c2cc(NCc3nccs3)cnc2n1CC(C)C. The van der Waals surface area contributed by atoms with Crippen molar-refractivity contribution < 1.29 is 14.3 Å². The topological polar surface area (TPSA) is 98.1 Å². The van der Waals surface area contributed by atoms with Crippen molar-refractivity contribution in [1.29, 1.82) is 0 Å². The molecular weight excluding hydrogens is 450 g/mol. The van der Waals surface area contributed by atoms with Gasteiger partial charge in [-0.25, -0.2) is 14.8 Å². The van der Waals surface area contributed by atoms with Gasteiger partial charge in [-0.3, -0.25) is 4.79 Å². The van der Waals surface area contributed by atoms with E-state index in [1.54, 1.807) is 23.7 Å². The molecule has 0 saturated carbocycles. The first-order valence-corrected chi connectivity index (χ1v) is 11.9. The summed E-state index contributed by atoms with van der Waals surface area (Å²) >= 11 is 1.56. The number of esters is 1. The van der Waals surface area contributed by atoms with Crippen LogP contribution in [-0.2, 0) is 29.0 Å². The molecule has 0 saturated heterocycles. The summed E-state index contributed by atoms with van der Waals surface area (Å²) in [7, 11) is 1.34. The predicted octanol–water partition coefficient (Wildman–Crippen LogP) is 4.73. The second kappa shape index (κ2) is 10.5. The minimum atomic E-state index is -0.522. The number of carbonyl (C=O) groups excluding carboxylic acids is 2. The first-order chi connectivity index (χ1) is 16.5. The monoisotopic (exact) mass is 477 g/mol. The van der Waals surface area contributed by atoms with Crippen molar-refractivity contribution in [3.8, 4) is 0 Å². The number of amides is 1. The van der Waals surface area contributed by atoms with E-state index in [1.807, 2.05) is 46.3 Å². The smallest absolute Gasteiger partial charge is 0.356 e. The van der Waals surface area contributed by atoms with Crippen LogP contribution in [0.3, 0.4) is 0 Å². The maximum Gasteiger partial charge on any atom is 0.356 e. The molecule has 0 aliphatic heterocycles. The van der Waals surface area contributed by atoms with Crippen LogP contribution in [0, 0.1) is 5.92 Å². The van der Waals surface area contributed by atoms with Gasteiger partial charge in [-0.05, 0) is 17.5 Å². The summed E-state index contributed by atoms with van der Waals surface area (Å²) in [6, 6.07) is 11.4. The number of anilines is 2. The Labute approximate surface area is 202 Å². The quantitative estimate of drug-likeness (QED) is 0.338. The van der Waals surface area contributed by atoms with Gasteiger partial charge in [-0.1, -0.05) is 44.2 Å². The van der Waals surface area contributed by atoms with Crippen molar-refractivity contribution in [3.05, 3.63) is 70.4 Å². The molecule has 9 heteroatoms. The zero-order valence-corrected chi connectivity index (χ0v) is 20.2. The molecule has 34 heavy (non-hydrogen) atoms. The minimum absolute atomic E-state index is 0.188. The highest BCUT2D eigenvalue weighted by Gasteiger charge is 2.26. The Kier molecular flexibility index (Phi) is 7.22. The van der Waals surface area contributed by atoms with E-state index in [9.17, 15) is 9.59 Å². The molecule has 1 aromatic carbocycles. The molecule has 0 atom stereocenters. The summed E-state index contributed by atoms with van der Waals surface area (Å²) in [5, 5.41) is 9.83. The molecular formula is C25H27N5O3S. The lowest BCUT2D eigenvalue weighted by Gasteiger charge is -2.12. The third-order valence-corrected chi connectivity index (χ3v) is 6.00. The van der Waals surface area contributed by atoms with Crippen LogP contribution in [0.15, 0.2) is 54.2 Å². The van der Waals surface area contributed by atoms with Gasteiger partial charge < -0.3 is 19.9 Å².